The number of carbonyl (C=O) groups excluding carboxylic acids is 1. The van der Waals surface area contributed by atoms with E-state index in [0.717, 1.165) is 24.4 Å². The molecule has 0 aromatic carbocycles. The zero-order chi connectivity index (χ0) is 14.8. The first-order valence-electron chi connectivity index (χ1n) is 7.18. The summed E-state index contributed by atoms with van der Waals surface area (Å²) in [6.45, 7) is 4.82. The standard InChI is InChI=1S/C15H19N3O3/c1-10-5-7-18(15(19)16-14-6-8-20-17-14)12(9-10)13-4-3-11(2)21-13/h3-4,6,8,10,12H,5,7,9H2,1-2H3,(H,16,17,19)/t10-,12-/m0/s1. The van der Waals surface area contributed by atoms with Crippen LogP contribution in [0.2, 0.25) is 0 Å². The number of furan rings is 1. The van der Waals surface area contributed by atoms with Crippen molar-refractivity contribution < 1.29 is 13.7 Å². The zero-order valence-corrected chi connectivity index (χ0v) is 12.2. The number of carbonyl (C=O) groups is 1. The van der Waals surface area contributed by atoms with Crippen molar-refractivity contribution in [1.29, 1.82) is 0 Å². The van der Waals surface area contributed by atoms with E-state index in [1.807, 2.05) is 24.0 Å². The molecular formula is C15H19N3O3. The minimum Gasteiger partial charge on any atom is -0.464 e. The molecule has 1 aliphatic heterocycles. The molecule has 1 aliphatic rings. The van der Waals surface area contributed by atoms with Crippen molar-refractivity contribution in [3.05, 3.63) is 36.0 Å². The molecule has 0 spiro atoms. The SMILES string of the molecule is Cc1ccc([C@@H]2C[C@@H](C)CCN2C(=O)Nc2ccon2)o1. The maximum absolute atomic E-state index is 12.5. The van der Waals surface area contributed by atoms with Gasteiger partial charge in [0.15, 0.2) is 5.82 Å². The van der Waals surface area contributed by atoms with Crippen molar-refractivity contribution in [3.8, 4) is 0 Å². The Morgan fingerprint density at radius 2 is 2.29 bits per heavy atom. The quantitative estimate of drug-likeness (QED) is 0.917. The molecule has 6 nitrogen and oxygen atoms in total. The lowest BCUT2D eigenvalue weighted by Crippen LogP contribution is -2.42. The van der Waals surface area contributed by atoms with Crippen LogP contribution in [0.15, 0.2) is 33.4 Å². The molecule has 0 aliphatic carbocycles. The molecule has 112 valence electrons. The number of urea groups is 1. The number of nitrogens with one attached hydrogen (secondary N) is 1. The lowest BCUT2D eigenvalue weighted by atomic mass is 9.91. The maximum Gasteiger partial charge on any atom is 0.323 e. The highest BCUT2D eigenvalue weighted by Gasteiger charge is 2.33. The first kappa shape index (κ1) is 13.7. The van der Waals surface area contributed by atoms with Gasteiger partial charge < -0.3 is 13.8 Å². The van der Waals surface area contributed by atoms with Crippen molar-refractivity contribution in [2.24, 2.45) is 5.92 Å². The molecule has 2 aromatic rings. The molecule has 6 heteroatoms. The Labute approximate surface area is 123 Å². The van der Waals surface area contributed by atoms with E-state index in [2.05, 4.69) is 17.4 Å². The van der Waals surface area contributed by atoms with Gasteiger partial charge in [-0.2, -0.15) is 0 Å². The molecule has 1 saturated heterocycles. The van der Waals surface area contributed by atoms with Crippen molar-refractivity contribution in [3.63, 3.8) is 0 Å². The number of amides is 2. The average Bonchev–Trinajstić information content (AvgIpc) is 3.10. The smallest absolute Gasteiger partial charge is 0.323 e. The third-order valence-electron chi connectivity index (χ3n) is 3.89. The van der Waals surface area contributed by atoms with Gasteiger partial charge in [-0.25, -0.2) is 4.79 Å². The molecule has 1 fully saturated rings. The Kier molecular flexibility index (Phi) is 3.68. The van der Waals surface area contributed by atoms with E-state index in [9.17, 15) is 4.79 Å². The Morgan fingerprint density at radius 3 is 2.95 bits per heavy atom. The van der Waals surface area contributed by atoms with Crippen LogP contribution in [0, 0.1) is 12.8 Å². The largest absolute Gasteiger partial charge is 0.464 e. The van der Waals surface area contributed by atoms with Gasteiger partial charge in [-0.3, -0.25) is 5.32 Å². The molecule has 2 amide bonds. The van der Waals surface area contributed by atoms with Crippen molar-refractivity contribution >= 4 is 11.8 Å². The lowest BCUT2D eigenvalue weighted by molar-refractivity contribution is 0.128. The summed E-state index contributed by atoms with van der Waals surface area (Å²) in [4.78, 5) is 14.3. The summed E-state index contributed by atoms with van der Waals surface area (Å²) < 4.78 is 10.5. The van der Waals surface area contributed by atoms with Crippen LogP contribution in [0.5, 0.6) is 0 Å². The van der Waals surface area contributed by atoms with Crippen LogP contribution in [0.4, 0.5) is 10.6 Å². The van der Waals surface area contributed by atoms with Crippen LogP contribution in [-0.4, -0.2) is 22.6 Å². The molecule has 0 saturated carbocycles. The predicted octanol–water partition coefficient (Wildman–Crippen LogP) is 3.58. The minimum atomic E-state index is -0.171. The number of piperidine rings is 1. The highest BCUT2D eigenvalue weighted by Crippen LogP contribution is 2.35. The van der Waals surface area contributed by atoms with Gasteiger partial charge in [-0.1, -0.05) is 12.1 Å². The zero-order valence-electron chi connectivity index (χ0n) is 12.2. The number of anilines is 1. The van der Waals surface area contributed by atoms with Gasteiger partial charge >= 0.3 is 6.03 Å². The number of nitrogens with zero attached hydrogens (tertiary/aromatic N) is 2. The highest BCUT2D eigenvalue weighted by atomic mass is 16.5. The maximum atomic E-state index is 12.5. The molecule has 3 heterocycles. The first-order chi connectivity index (χ1) is 10.1. The van der Waals surface area contributed by atoms with Gasteiger partial charge in [0.1, 0.15) is 17.8 Å². The molecule has 21 heavy (non-hydrogen) atoms. The average molecular weight is 289 g/mol. The third-order valence-corrected chi connectivity index (χ3v) is 3.89. The van der Waals surface area contributed by atoms with Gasteiger partial charge in [-0.15, -0.1) is 0 Å². The second-order valence-corrected chi connectivity index (χ2v) is 5.60. The summed E-state index contributed by atoms with van der Waals surface area (Å²) in [6, 6.07) is 5.30. The van der Waals surface area contributed by atoms with E-state index in [-0.39, 0.29) is 12.1 Å². The number of rotatable bonds is 2. The Morgan fingerprint density at radius 1 is 1.43 bits per heavy atom. The number of aryl methyl sites for hydroxylation is 1. The van der Waals surface area contributed by atoms with E-state index < -0.39 is 0 Å². The molecular weight excluding hydrogens is 270 g/mol. The molecule has 2 atom stereocenters. The first-order valence-corrected chi connectivity index (χ1v) is 7.18. The summed E-state index contributed by atoms with van der Waals surface area (Å²) >= 11 is 0. The summed E-state index contributed by atoms with van der Waals surface area (Å²) in [6.07, 6.45) is 3.32. The van der Waals surface area contributed by atoms with Gasteiger partial charge in [0.05, 0.1) is 6.04 Å². The predicted molar refractivity (Wildman–Crippen MR) is 76.8 cm³/mol. The fourth-order valence-corrected chi connectivity index (χ4v) is 2.75. The summed E-state index contributed by atoms with van der Waals surface area (Å²) in [5.74, 6) is 2.69. The van der Waals surface area contributed by atoms with Gasteiger partial charge in [0.2, 0.25) is 0 Å². The molecule has 0 unspecified atom stereocenters. The Hall–Kier alpha value is -2.24. The molecule has 0 radical (unpaired) electrons. The van der Waals surface area contributed by atoms with E-state index in [1.54, 1.807) is 6.07 Å². The molecule has 2 aromatic heterocycles. The van der Waals surface area contributed by atoms with Crippen molar-refractivity contribution in [1.82, 2.24) is 10.1 Å². The normalized spacial score (nSPS) is 22.3. The fourth-order valence-electron chi connectivity index (χ4n) is 2.75. The van der Waals surface area contributed by atoms with E-state index >= 15 is 0 Å². The lowest BCUT2D eigenvalue weighted by Gasteiger charge is -2.37. The van der Waals surface area contributed by atoms with Crippen LogP contribution in [0.1, 0.15) is 37.3 Å². The summed E-state index contributed by atoms with van der Waals surface area (Å²) in [5, 5.41) is 6.46. The van der Waals surface area contributed by atoms with Crippen LogP contribution >= 0.6 is 0 Å². The number of aromatic nitrogens is 1. The molecule has 0 bridgehead atoms. The van der Waals surface area contributed by atoms with Crippen molar-refractivity contribution in [2.75, 3.05) is 11.9 Å². The second kappa shape index (κ2) is 5.63. The van der Waals surface area contributed by atoms with E-state index in [0.29, 0.717) is 18.3 Å². The molecule has 1 N–H and O–H groups in total. The number of hydrogen-bond donors (Lipinski definition) is 1. The van der Waals surface area contributed by atoms with Crippen LogP contribution in [0.25, 0.3) is 0 Å². The summed E-state index contributed by atoms with van der Waals surface area (Å²) in [5.41, 5.74) is 0. The minimum absolute atomic E-state index is 0.0330. The Bertz CT molecular complexity index is 605. The number of likely N-dealkylation sites (tertiary alicyclic amines) is 1. The highest BCUT2D eigenvalue weighted by molar-refractivity contribution is 5.88. The monoisotopic (exact) mass is 289 g/mol. The van der Waals surface area contributed by atoms with Crippen molar-refractivity contribution in [2.45, 2.75) is 32.7 Å². The second-order valence-electron chi connectivity index (χ2n) is 5.60. The van der Waals surface area contributed by atoms with Gasteiger partial charge in [-0.05, 0) is 37.8 Å². The van der Waals surface area contributed by atoms with Gasteiger partial charge in [0, 0.05) is 12.6 Å². The van der Waals surface area contributed by atoms with Crippen LogP contribution < -0.4 is 5.32 Å². The van der Waals surface area contributed by atoms with Crippen LogP contribution in [0.3, 0.4) is 0 Å². The number of hydrogen-bond acceptors (Lipinski definition) is 4. The topological polar surface area (TPSA) is 71.5 Å². The Balaban J connectivity index is 1.79. The fraction of sp³-hybridized carbons (Fsp3) is 0.467. The van der Waals surface area contributed by atoms with Crippen LogP contribution in [-0.2, 0) is 0 Å². The van der Waals surface area contributed by atoms with Gasteiger partial charge in [0.25, 0.3) is 0 Å². The third kappa shape index (κ3) is 2.94. The molecule has 3 rings (SSSR count). The summed E-state index contributed by atoms with van der Waals surface area (Å²) in [7, 11) is 0. The van der Waals surface area contributed by atoms with E-state index in [1.165, 1.54) is 6.26 Å². The van der Waals surface area contributed by atoms with E-state index in [4.69, 9.17) is 8.94 Å².